The molecule has 0 atom stereocenters. The van der Waals surface area contributed by atoms with Gasteiger partial charge in [-0.15, -0.1) is 0 Å². The van der Waals surface area contributed by atoms with Crippen molar-refractivity contribution in [2.45, 2.75) is 24.9 Å². The zero-order chi connectivity index (χ0) is 15.0. The molecule has 1 fully saturated rings. The van der Waals surface area contributed by atoms with Crippen molar-refractivity contribution >= 4 is 17.8 Å². The molecule has 6 nitrogen and oxygen atoms in total. The van der Waals surface area contributed by atoms with Gasteiger partial charge in [-0.2, -0.15) is 0 Å². The van der Waals surface area contributed by atoms with E-state index < -0.39 is 11.6 Å². The van der Waals surface area contributed by atoms with Crippen molar-refractivity contribution in [3.05, 3.63) is 35.6 Å². The maximum atomic E-state index is 12.9. The van der Waals surface area contributed by atoms with E-state index >= 15 is 0 Å². The lowest BCUT2D eigenvalue weighted by molar-refractivity contribution is -0.128. The average molecular weight is 291 g/mol. The molecular formula is C14H14FN3O3. The summed E-state index contributed by atoms with van der Waals surface area (Å²) in [6.45, 7) is 0.255. The molecule has 2 amide bonds. The fourth-order valence-electron chi connectivity index (χ4n) is 2.39. The van der Waals surface area contributed by atoms with Gasteiger partial charge in [0.15, 0.2) is 0 Å². The summed E-state index contributed by atoms with van der Waals surface area (Å²) in [5.74, 6) is -0.0233. The van der Waals surface area contributed by atoms with Crippen molar-refractivity contribution in [2.24, 2.45) is 4.99 Å². The lowest BCUT2D eigenvalue weighted by Crippen LogP contribution is -2.40. The zero-order valence-electron chi connectivity index (χ0n) is 11.2. The van der Waals surface area contributed by atoms with Gasteiger partial charge in [0.1, 0.15) is 17.2 Å². The third-order valence-electron chi connectivity index (χ3n) is 3.67. The molecule has 1 heterocycles. The second kappa shape index (κ2) is 4.83. The van der Waals surface area contributed by atoms with Crippen LogP contribution in [0.4, 0.5) is 9.18 Å². The van der Waals surface area contributed by atoms with Gasteiger partial charge in [0.25, 0.3) is 5.91 Å². The van der Waals surface area contributed by atoms with Gasteiger partial charge in [-0.25, -0.2) is 9.18 Å². The van der Waals surface area contributed by atoms with Crippen LogP contribution in [0.2, 0.25) is 0 Å². The second-order valence-electron chi connectivity index (χ2n) is 5.24. The Hall–Kier alpha value is -2.44. The van der Waals surface area contributed by atoms with Gasteiger partial charge in [0, 0.05) is 0 Å². The van der Waals surface area contributed by atoms with E-state index in [1.165, 1.54) is 17.0 Å². The number of carbonyl (C=O) groups is 2. The number of nitrogens with one attached hydrogen (secondary N) is 1. The number of nitrogens with zero attached hydrogens (tertiary/aromatic N) is 2. The Morgan fingerprint density at radius 2 is 2.05 bits per heavy atom. The van der Waals surface area contributed by atoms with Crippen molar-refractivity contribution in [3.63, 3.8) is 0 Å². The normalized spacial score (nSPS) is 18.8. The molecule has 1 aliphatic heterocycles. The Bertz CT molecular complexity index is 623. The van der Waals surface area contributed by atoms with E-state index in [2.05, 4.69) is 10.3 Å². The molecule has 7 heteroatoms. The minimum absolute atomic E-state index is 0.00990. The van der Waals surface area contributed by atoms with E-state index in [-0.39, 0.29) is 24.8 Å². The van der Waals surface area contributed by atoms with Crippen LogP contribution in [0.25, 0.3) is 0 Å². The number of hydrogen-bond donors (Lipinski definition) is 2. The van der Waals surface area contributed by atoms with Crippen molar-refractivity contribution in [3.8, 4) is 0 Å². The van der Waals surface area contributed by atoms with Gasteiger partial charge in [-0.05, 0) is 30.5 Å². The molecule has 110 valence electrons. The molecule has 0 radical (unpaired) electrons. The van der Waals surface area contributed by atoms with Crippen LogP contribution in [0, 0.1) is 5.82 Å². The topological polar surface area (TPSA) is 82.0 Å². The highest BCUT2D eigenvalue weighted by Crippen LogP contribution is 2.45. The largest absolute Gasteiger partial charge is 0.465 e. The maximum absolute atomic E-state index is 12.9. The van der Waals surface area contributed by atoms with Crippen molar-refractivity contribution in [1.82, 2.24) is 10.2 Å². The summed E-state index contributed by atoms with van der Waals surface area (Å²) < 4.78 is 12.9. The Balaban J connectivity index is 1.78. The van der Waals surface area contributed by atoms with Crippen LogP contribution in [0.5, 0.6) is 0 Å². The fourth-order valence-corrected chi connectivity index (χ4v) is 2.39. The Kier molecular flexibility index (Phi) is 3.12. The number of carboxylic acid groups (broad SMARTS) is 1. The second-order valence-corrected chi connectivity index (χ2v) is 5.24. The predicted molar refractivity (Wildman–Crippen MR) is 72.4 cm³/mol. The molecule has 0 saturated heterocycles. The standard InChI is InChI=1S/C14H14FN3O3/c15-10-3-1-9(2-4-10)8-18-11(7-16-13(20)21)17-14(5-6-14)12(18)19/h1-4,16H,5-8H2,(H,20,21). The molecule has 2 aliphatic rings. The Morgan fingerprint density at radius 1 is 1.38 bits per heavy atom. The van der Waals surface area contributed by atoms with Crippen molar-refractivity contribution in [2.75, 3.05) is 6.54 Å². The molecule has 0 bridgehead atoms. The van der Waals surface area contributed by atoms with Crippen LogP contribution in [0.3, 0.4) is 0 Å². The first-order valence-electron chi connectivity index (χ1n) is 6.62. The molecule has 3 rings (SSSR count). The van der Waals surface area contributed by atoms with Gasteiger partial charge in [-0.3, -0.25) is 14.7 Å². The molecule has 21 heavy (non-hydrogen) atoms. The summed E-state index contributed by atoms with van der Waals surface area (Å²) in [6.07, 6.45) is 0.230. The number of amides is 2. The van der Waals surface area contributed by atoms with Crippen LogP contribution in [0.15, 0.2) is 29.3 Å². The highest BCUT2D eigenvalue weighted by atomic mass is 19.1. The fraction of sp³-hybridized carbons (Fsp3) is 0.357. The van der Waals surface area contributed by atoms with E-state index in [0.29, 0.717) is 18.7 Å². The van der Waals surface area contributed by atoms with Gasteiger partial charge in [-0.1, -0.05) is 12.1 Å². The predicted octanol–water partition coefficient (Wildman–Crippen LogP) is 1.37. The zero-order valence-corrected chi connectivity index (χ0v) is 11.2. The monoisotopic (exact) mass is 291 g/mol. The minimum atomic E-state index is -1.16. The lowest BCUT2D eigenvalue weighted by Gasteiger charge is -2.19. The summed E-state index contributed by atoms with van der Waals surface area (Å²) in [6, 6.07) is 5.86. The first kappa shape index (κ1) is 13.5. The molecule has 1 saturated carbocycles. The van der Waals surface area contributed by atoms with Gasteiger partial charge in [0.2, 0.25) is 0 Å². The van der Waals surface area contributed by atoms with Gasteiger partial charge >= 0.3 is 6.09 Å². The summed E-state index contributed by atoms with van der Waals surface area (Å²) in [4.78, 5) is 28.8. The first-order valence-corrected chi connectivity index (χ1v) is 6.62. The van der Waals surface area contributed by atoms with Crippen LogP contribution >= 0.6 is 0 Å². The van der Waals surface area contributed by atoms with Crippen LogP contribution < -0.4 is 5.32 Å². The molecule has 0 unspecified atom stereocenters. The molecular weight excluding hydrogens is 277 g/mol. The number of benzene rings is 1. The van der Waals surface area contributed by atoms with Gasteiger partial charge < -0.3 is 10.4 Å². The number of rotatable bonds is 4. The molecule has 1 aliphatic carbocycles. The van der Waals surface area contributed by atoms with E-state index in [9.17, 15) is 14.0 Å². The minimum Gasteiger partial charge on any atom is -0.465 e. The molecule has 0 aromatic heterocycles. The molecule has 2 N–H and O–H groups in total. The summed E-state index contributed by atoms with van der Waals surface area (Å²) >= 11 is 0. The molecule has 1 aromatic rings. The van der Waals surface area contributed by atoms with Crippen LogP contribution in [0.1, 0.15) is 18.4 Å². The van der Waals surface area contributed by atoms with Crippen LogP contribution in [-0.2, 0) is 11.3 Å². The number of carbonyl (C=O) groups excluding carboxylic acids is 1. The third kappa shape index (κ3) is 2.58. The lowest BCUT2D eigenvalue weighted by atomic mass is 10.2. The number of aliphatic imine (C=N–C) groups is 1. The highest BCUT2D eigenvalue weighted by molar-refractivity contribution is 6.10. The maximum Gasteiger partial charge on any atom is 0.405 e. The molecule has 1 aromatic carbocycles. The summed E-state index contributed by atoms with van der Waals surface area (Å²) in [7, 11) is 0. The van der Waals surface area contributed by atoms with E-state index in [4.69, 9.17) is 5.11 Å². The number of halogens is 1. The number of amidine groups is 1. The molecule has 1 spiro atoms. The van der Waals surface area contributed by atoms with Crippen molar-refractivity contribution in [1.29, 1.82) is 0 Å². The summed E-state index contributed by atoms with van der Waals surface area (Å²) in [5, 5.41) is 10.9. The van der Waals surface area contributed by atoms with Crippen LogP contribution in [-0.4, -0.2) is 39.9 Å². The smallest absolute Gasteiger partial charge is 0.405 e. The van der Waals surface area contributed by atoms with E-state index in [1.807, 2.05) is 0 Å². The first-order chi connectivity index (χ1) is 10.00. The van der Waals surface area contributed by atoms with Gasteiger partial charge in [0.05, 0.1) is 13.1 Å². The SMILES string of the molecule is O=C(O)NCC1=NC2(CC2)C(=O)N1Cc1ccc(F)cc1. The average Bonchev–Trinajstić information content (AvgIpc) is 3.18. The Morgan fingerprint density at radius 3 is 2.62 bits per heavy atom. The van der Waals surface area contributed by atoms with E-state index in [0.717, 1.165) is 5.56 Å². The number of hydrogen-bond acceptors (Lipinski definition) is 3. The quantitative estimate of drug-likeness (QED) is 0.879. The highest BCUT2D eigenvalue weighted by Gasteiger charge is 2.56. The summed E-state index contributed by atoms with van der Waals surface area (Å²) in [5.41, 5.74) is 0.0979. The van der Waals surface area contributed by atoms with E-state index in [1.54, 1.807) is 12.1 Å². The third-order valence-corrected chi connectivity index (χ3v) is 3.67. The Labute approximate surface area is 120 Å². The van der Waals surface area contributed by atoms with Crippen molar-refractivity contribution < 1.29 is 19.1 Å².